The van der Waals surface area contributed by atoms with E-state index in [1.807, 2.05) is 31.2 Å². The van der Waals surface area contributed by atoms with Crippen LogP contribution in [0.2, 0.25) is 0 Å². The molecule has 0 amide bonds. The van der Waals surface area contributed by atoms with Crippen molar-refractivity contribution in [1.29, 1.82) is 0 Å². The van der Waals surface area contributed by atoms with Crippen LogP contribution in [0.25, 0.3) is 0 Å². The van der Waals surface area contributed by atoms with Gasteiger partial charge < -0.3 is 20.3 Å². The molecule has 1 heterocycles. The van der Waals surface area contributed by atoms with Gasteiger partial charge in [0.05, 0.1) is 0 Å². The molecule has 1 aromatic heterocycles. The van der Waals surface area contributed by atoms with Crippen molar-refractivity contribution in [2.24, 2.45) is 0 Å². The summed E-state index contributed by atoms with van der Waals surface area (Å²) in [5, 5.41) is 19.1. The van der Waals surface area contributed by atoms with Crippen molar-refractivity contribution in [2.45, 2.75) is 25.3 Å². The van der Waals surface area contributed by atoms with Gasteiger partial charge in [0.2, 0.25) is 5.76 Å². The first-order valence-corrected chi connectivity index (χ1v) is 7.32. The molecule has 6 heteroatoms. The smallest absolute Gasteiger partial charge is 0.329 e. The lowest BCUT2D eigenvalue weighted by molar-refractivity contribution is -0.138. The lowest BCUT2D eigenvalue weighted by atomic mass is 10.1. The lowest BCUT2D eigenvalue weighted by Crippen LogP contribution is -2.31. The van der Waals surface area contributed by atoms with E-state index in [2.05, 4.69) is 27.6 Å². The maximum atomic E-state index is 11.2. The van der Waals surface area contributed by atoms with Gasteiger partial charge in [0, 0.05) is 18.3 Å². The van der Waals surface area contributed by atoms with Crippen molar-refractivity contribution in [3.8, 4) is 11.8 Å². The number of carbonyl (C=O) groups is 1. The van der Waals surface area contributed by atoms with Gasteiger partial charge in [0.15, 0.2) is 0 Å². The van der Waals surface area contributed by atoms with E-state index in [-0.39, 0.29) is 0 Å². The third-order valence-electron chi connectivity index (χ3n) is 3.86. The molecule has 0 radical (unpaired) electrons. The quantitative estimate of drug-likeness (QED) is 0.752. The average Bonchev–Trinajstić information content (AvgIpc) is 3.24. The third-order valence-corrected chi connectivity index (χ3v) is 3.86. The van der Waals surface area contributed by atoms with Crippen molar-refractivity contribution in [2.75, 3.05) is 17.7 Å². The summed E-state index contributed by atoms with van der Waals surface area (Å²) >= 11 is 0. The van der Waals surface area contributed by atoms with Gasteiger partial charge in [-0.2, -0.15) is 0 Å². The van der Waals surface area contributed by atoms with Crippen LogP contribution < -0.4 is 10.6 Å². The molecule has 0 atom stereocenters. The Morgan fingerprint density at radius 2 is 2.00 bits per heavy atom. The normalized spacial score (nSPS) is 14.5. The number of aryl methyl sites for hydroxylation is 1. The van der Waals surface area contributed by atoms with Crippen LogP contribution in [0.15, 0.2) is 28.8 Å². The Morgan fingerprint density at radius 3 is 2.57 bits per heavy atom. The van der Waals surface area contributed by atoms with Crippen LogP contribution >= 0.6 is 0 Å². The van der Waals surface area contributed by atoms with Crippen LogP contribution in [0.4, 0.5) is 11.4 Å². The summed E-state index contributed by atoms with van der Waals surface area (Å²) in [7, 11) is 1.79. The Kier molecular flexibility index (Phi) is 3.70. The molecule has 0 spiro atoms. The minimum absolute atomic E-state index is 0.495. The Labute approximate surface area is 133 Å². The number of carboxylic acids is 1. The minimum atomic E-state index is -0.804. The molecule has 2 aromatic rings. The Hall–Kier alpha value is -2.94. The molecule has 1 aliphatic carbocycles. The van der Waals surface area contributed by atoms with Crippen LogP contribution in [0, 0.1) is 18.8 Å². The van der Waals surface area contributed by atoms with Gasteiger partial charge in [-0.15, -0.1) is 0 Å². The standard InChI is InChI=1S/C17H17N3O3/c1-11-15(18-2)14(23-20-11)8-5-12-3-6-13(7-4-12)19-17(9-10-17)16(21)22/h3-4,6-7,18-19H,9-10H2,1-2H3,(H,21,22). The van der Waals surface area contributed by atoms with Gasteiger partial charge in [-0.05, 0) is 50.0 Å². The topological polar surface area (TPSA) is 87.4 Å². The highest BCUT2D eigenvalue weighted by Crippen LogP contribution is 2.39. The van der Waals surface area contributed by atoms with Gasteiger partial charge in [0.25, 0.3) is 0 Å². The fraction of sp³-hybridized carbons (Fsp3) is 0.294. The zero-order valence-electron chi connectivity index (χ0n) is 12.9. The molecule has 3 rings (SSSR count). The highest BCUT2D eigenvalue weighted by atomic mass is 16.5. The van der Waals surface area contributed by atoms with Crippen molar-refractivity contribution in [3.05, 3.63) is 41.3 Å². The monoisotopic (exact) mass is 311 g/mol. The van der Waals surface area contributed by atoms with E-state index < -0.39 is 11.5 Å². The molecular formula is C17H17N3O3. The van der Waals surface area contributed by atoms with E-state index in [0.29, 0.717) is 18.6 Å². The summed E-state index contributed by atoms with van der Waals surface area (Å²) in [6, 6.07) is 7.35. The zero-order chi connectivity index (χ0) is 16.4. The number of aromatic nitrogens is 1. The van der Waals surface area contributed by atoms with Crippen molar-refractivity contribution >= 4 is 17.3 Å². The molecule has 0 aliphatic heterocycles. The first kappa shape index (κ1) is 15.0. The van der Waals surface area contributed by atoms with Gasteiger partial charge >= 0.3 is 5.97 Å². The molecule has 23 heavy (non-hydrogen) atoms. The van der Waals surface area contributed by atoms with Gasteiger partial charge in [-0.3, -0.25) is 0 Å². The number of nitrogens with one attached hydrogen (secondary N) is 2. The second kappa shape index (κ2) is 5.69. The number of hydrogen-bond donors (Lipinski definition) is 3. The fourth-order valence-electron chi connectivity index (χ4n) is 2.31. The average molecular weight is 311 g/mol. The Balaban J connectivity index is 1.73. The molecule has 1 aromatic carbocycles. The maximum Gasteiger partial charge on any atom is 0.329 e. The van der Waals surface area contributed by atoms with Crippen LogP contribution in [0.3, 0.4) is 0 Å². The maximum absolute atomic E-state index is 11.2. The van der Waals surface area contributed by atoms with Crippen molar-refractivity contribution < 1.29 is 14.4 Å². The number of nitrogens with zero attached hydrogens (tertiary/aromatic N) is 1. The summed E-state index contributed by atoms with van der Waals surface area (Å²) in [5.41, 5.74) is 2.35. The van der Waals surface area contributed by atoms with Crippen molar-refractivity contribution in [3.63, 3.8) is 0 Å². The highest BCUT2D eigenvalue weighted by molar-refractivity contribution is 5.86. The van der Waals surface area contributed by atoms with Crippen LogP contribution in [0.1, 0.15) is 29.9 Å². The molecule has 118 valence electrons. The molecule has 1 fully saturated rings. The Bertz CT molecular complexity index is 793. The molecular weight excluding hydrogens is 294 g/mol. The molecule has 1 aliphatic rings. The van der Waals surface area contributed by atoms with Crippen LogP contribution in [0.5, 0.6) is 0 Å². The minimum Gasteiger partial charge on any atom is -0.480 e. The van der Waals surface area contributed by atoms with E-state index in [1.165, 1.54) is 0 Å². The Morgan fingerprint density at radius 1 is 1.30 bits per heavy atom. The van der Waals surface area contributed by atoms with Gasteiger partial charge in [-0.1, -0.05) is 11.1 Å². The van der Waals surface area contributed by atoms with Crippen molar-refractivity contribution in [1.82, 2.24) is 5.16 Å². The molecule has 1 saturated carbocycles. The van der Waals surface area contributed by atoms with Crippen LogP contribution in [-0.2, 0) is 4.79 Å². The summed E-state index contributed by atoms with van der Waals surface area (Å²) in [5.74, 6) is 5.64. The van der Waals surface area contributed by atoms with E-state index in [1.54, 1.807) is 7.05 Å². The summed E-state index contributed by atoms with van der Waals surface area (Å²) in [4.78, 5) is 11.2. The number of hydrogen-bond acceptors (Lipinski definition) is 5. The first-order valence-electron chi connectivity index (χ1n) is 7.32. The molecule has 0 saturated heterocycles. The number of rotatable bonds is 4. The van der Waals surface area contributed by atoms with Gasteiger partial charge in [-0.25, -0.2) is 4.79 Å². The number of benzene rings is 1. The van der Waals surface area contributed by atoms with Crippen LogP contribution in [-0.4, -0.2) is 28.8 Å². The van der Waals surface area contributed by atoms with E-state index in [4.69, 9.17) is 4.52 Å². The fourth-order valence-corrected chi connectivity index (χ4v) is 2.31. The predicted molar refractivity (Wildman–Crippen MR) is 86.4 cm³/mol. The SMILES string of the molecule is CNc1c(C)noc1C#Cc1ccc(NC2(C(=O)O)CC2)cc1. The summed E-state index contributed by atoms with van der Waals surface area (Å²) in [6.07, 6.45) is 1.31. The summed E-state index contributed by atoms with van der Waals surface area (Å²) in [6.45, 7) is 1.84. The molecule has 3 N–H and O–H groups in total. The lowest BCUT2D eigenvalue weighted by Gasteiger charge is -2.13. The summed E-state index contributed by atoms with van der Waals surface area (Å²) < 4.78 is 5.17. The second-order valence-corrected chi connectivity index (χ2v) is 5.56. The zero-order valence-corrected chi connectivity index (χ0v) is 12.9. The number of carboxylic acid groups (broad SMARTS) is 1. The molecule has 0 unspecified atom stereocenters. The van der Waals surface area contributed by atoms with E-state index in [9.17, 15) is 9.90 Å². The van der Waals surface area contributed by atoms with E-state index in [0.717, 1.165) is 22.6 Å². The largest absolute Gasteiger partial charge is 0.480 e. The highest BCUT2D eigenvalue weighted by Gasteiger charge is 2.50. The van der Waals surface area contributed by atoms with Gasteiger partial charge in [0.1, 0.15) is 16.9 Å². The first-order chi connectivity index (χ1) is 11.0. The number of aliphatic carboxylic acids is 1. The van der Waals surface area contributed by atoms with E-state index >= 15 is 0 Å². The molecule has 6 nitrogen and oxygen atoms in total. The second-order valence-electron chi connectivity index (χ2n) is 5.56. The molecule has 0 bridgehead atoms. The third kappa shape index (κ3) is 2.99. The predicted octanol–water partition coefficient (Wildman–Crippen LogP) is 2.45. The number of anilines is 2.